The van der Waals surface area contributed by atoms with Gasteiger partial charge in [0.15, 0.2) is 11.5 Å². The zero-order valence-corrected chi connectivity index (χ0v) is 20.6. The molecule has 2 amide bonds. The van der Waals surface area contributed by atoms with Gasteiger partial charge < -0.3 is 14.8 Å². The van der Waals surface area contributed by atoms with Crippen molar-refractivity contribution in [1.29, 1.82) is 0 Å². The maximum Gasteiger partial charge on any atom is 0.248 e. The minimum Gasteiger partial charge on any atom is -0.493 e. The van der Waals surface area contributed by atoms with Crippen molar-refractivity contribution in [3.05, 3.63) is 76.2 Å². The Labute approximate surface area is 208 Å². The average molecular weight is 497 g/mol. The van der Waals surface area contributed by atoms with Crippen LogP contribution in [-0.2, 0) is 16.0 Å². The highest BCUT2D eigenvalue weighted by Gasteiger charge is 2.35. The Hall–Kier alpha value is -3.39. The lowest BCUT2D eigenvalue weighted by Gasteiger charge is -2.32. The van der Waals surface area contributed by atoms with Gasteiger partial charge in [0.1, 0.15) is 11.9 Å². The number of methoxy groups -OCH3 is 2. The molecule has 1 N–H and O–H groups in total. The number of ether oxygens (including phenoxy) is 2. The highest BCUT2D eigenvalue weighted by Crippen LogP contribution is 2.36. The number of thiophene rings is 1. The van der Waals surface area contributed by atoms with Crippen LogP contribution in [0.5, 0.6) is 11.5 Å². The van der Waals surface area contributed by atoms with Crippen LogP contribution in [0.2, 0.25) is 0 Å². The first kappa shape index (κ1) is 24.7. The molecule has 0 radical (unpaired) electrons. The van der Waals surface area contributed by atoms with Gasteiger partial charge in [-0.2, -0.15) is 0 Å². The summed E-state index contributed by atoms with van der Waals surface area (Å²) in [6.07, 6.45) is 4.05. The number of hydrogen-bond acceptors (Lipinski definition) is 5. The highest BCUT2D eigenvalue weighted by atomic mass is 32.1. The SMILES string of the molecule is COc1ccc(N(C(=O)Cc2cccs2)[C@H](C(=O)NC2CCCC2)c2ccc(F)cc2)cc1OC. The van der Waals surface area contributed by atoms with Crippen molar-refractivity contribution in [2.75, 3.05) is 19.1 Å². The smallest absolute Gasteiger partial charge is 0.248 e. The fourth-order valence-electron chi connectivity index (χ4n) is 4.47. The molecule has 1 aliphatic rings. The summed E-state index contributed by atoms with van der Waals surface area (Å²) >= 11 is 1.48. The second kappa shape index (κ2) is 11.4. The van der Waals surface area contributed by atoms with E-state index in [4.69, 9.17) is 9.47 Å². The lowest BCUT2D eigenvalue weighted by molar-refractivity contribution is -0.127. The van der Waals surface area contributed by atoms with E-state index in [1.54, 1.807) is 30.3 Å². The van der Waals surface area contributed by atoms with E-state index in [0.29, 0.717) is 22.7 Å². The quantitative estimate of drug-likeness (QED) is 0.438. The maximum atomic E-state index is 13.8. The van der Waals surface area contributed by atoms with Crippen molar-refractivity contribution in [2.24, 2.45) is 0 Å². The molecule has 184 valence electrons. The normalized spacial score (nSPS) is 14.4. The Morgan fingerprint density at radius 2 is 1.77 bits per heavy atom. The molecule has 1 heterocycles. The molecule has 2 aromatic carbocycles. The van der Waals surface area contributed by atoms with Crippen molar-refractivity contribution < 1.29 is 23.5 Å². The fraction of sp³-hybridized carbons (Fsp3) is 0.333. The Morgan fingerprint density at radius 3 is 2.40 bits per heavy atom. The number of halogens is 1. The Bertz CT molecular complexity index is 1140. The molecule has 1 aliphatic carbocycles. The van der Waals surface area contributed by atoms with Gasteiger partial charge in [-0.3, -0.25) is 14.5 Å². The molecule has 4 rings (SSSR count). The number of carbonyl (C=O) groups is 2. The number of hydrogen-bond donors (Lipinski definition) is 1. The molecule has 1 atom stereocenters. The van der Waals surface area contributed by atoms with Crippen LogP contribution >= 0.6 is 11.3 Å². The number of nitrogens with zero attached hydrogens (tertiary/aromatic N) is 1. The number of benzene rings is 2. The van der Waals surface area contributed by atoms with E-state index < -0.39 is 11.9 Å². The summed E-state index contributed by atoms with van der Waals surface area (Å²) in [5.41, 5.74) is 1.01. The van der Waals surface area contributed by atoms with E-state index in [2.05, 4.69) is 5.32 Å². The summed E-state index contributed by atoms with van der Waals surface area (Å²) in [6, 6.07) is 13.7. The standard InChI is InChI=1S/C27H29FN2O4S/c1-33-23-14-13-21(16-24(23)34-2)30(25(31)17-22-8-5-15-35-22)26(18-9-11-19(28)12-10-18)27(32)29-20-6-3-4-7-20/h5,8-16,20,26H,3-4,6-7,17H2,1-2H3,(H,29,32)/t26-/m0/s1. The summed E-state index contributed by atoms with van der Waals surface area (Å²) in [4.78, 5) is 29.9. The van der Waals surface area contributed by atoms with Crippen molar-refractivity contribution >= 4 is 28.8 Å². The third-order valence-corrected chi connectivity index (χ3v) is 7.09. The minimum atomic E-state index is -0.984. The highest BCUT2D eigenvalue weighted by molar-refractivity contribution is 7.10. The van der Waals surface area contributed by atoms with E-state index in [1.165, 1.54) is 42.6 Å². The molecule has 0 bridgehead atoms. The Balaban J connectivity index is 1.80. The molecule has 0 spiro atoms. The van der Waals surface area contributed by atoms with E-state index in [9.17, 15) is 14.0 Å². The summed E-state index contributed by atoms with van der Waals surface area (Å²) in [7, 11) is 3.05. The van der Waals surface area contributed by atoms with Crippen LogP contribution in [-0.4, -0.2) is 32.1 Å². The van der Waals surface area contributed by atoms with Gasteiger partial charge in [-0.15, -0.1) is 11.3 Å². The van der Waals surface area contributed by atoms with Crippen molar-refractivity contribution in [2.45, 2.75) is 44.2 Å². The third-order valence-electron chi connectivity index (χ3n) is 6.21. The molecule has 35 heavy (non-hydrogen) atoms. The summed E-state index contributed by atoms with van der Waals surface area (Å²) in [5.74, 6) is -0.0108. The van der Waals surface area contributed by atoms with E-state index in [0.717, 1.165) is 30.6 Å². The maximum absolute atomic E-state index is 13.8. The second-order valence-electron chi connectivity index (χ2n) is 8.50. The molecular weight excluding hydrogens is 467 g/mol. The first-order chi connectivity index (χ1) is 17.0. The monoisotopic (exact) mass is 496 g/mol. The average Bonchev–Trinajstić information content (AvgIpc) is 3.57. The molecule has 1 fully saturated rings. The lowest BCUT2D eigenvalue weighted by atomic mass is 10.0. The van der Waals surface area contributed by atoms with Gasteiger partial charge in [0.05, 0.1) is 20.6 Å². The number of anilines is 1. The van der Waals surface area contributed by atoms with Crippen LogP contribution in [0.4, 0.5) is 10.1 Å². The van der Waals surface area contributed by atoms with Crippen LogP contribution in [0.1, 0.15) is 42.2 Å². The van der Waals surface area contributed by atoms with Gasteiger partial charge in [-0.25, -0.2) is 4.39 Å². The van der Waals surface area contributed by atoms with Crippen LogP contribution in [0, 0.1) is 5.82 Å². The van der Waals surface area contributed by atoms with Crippen LogP contribution in [0.25, 0.3) is 0 Å². The van der Waals surface area contributed by atoms with Crippen molar-refractivity contribution in [3.63, 3.8) is 0 Å². The predicted molar refractivity (Wildman–Crippen MR) is 135 cm³/mol. The van der Waals surface area contributed by atoms with E-state index in [-0.39, 0.29) is 24.3 Å². The molecule has 0 aliphatic heterocycles. The van der Waals surface area contributed by atoms with Crippen LogP contribution < -0.4 is 19.7 Å². The molecule has 6 nitrogen and oxygen atoms in total. The van der Waals surface area contributed by atoms with Crippen molar-refractivity contribution in [1.82, 2.24) is 5.32 Å². The fourth-order valence-corrected chi connectivity index (χ4v) is 5.17. The number of nitrogens with one attached hydrogen (secondary N) is 1. The van der Waals surface area contributed by atoms with E-state index >= 15 is 0 Å². The first-order valence-electron chi connectivity index (χ1n) is 11.6. The molecule has 1 saturated carbocycles. The largest absolute Gasteiger partial charge is 0.493 e. The number of carbonyl (C=O) groups excluding carboxylic acids is 2. The second-order valence-corrected chi connectivity index (χ2v) is 9.54. The topological polar surface area (TPSA) is 67.9 Å². The van der Waals surface area contributed by atoms with E-state index in [1.807, 2.05) is 17.5 Å². The zero-order chi connectivity index (χ0) is 24.8. The van der Waals surface area contributed by atoms with Gasteiger partial charge in [-0.1, -0.05) is 31.0 Å². The summed E-state index contributed by atoms with van der Waals surface area (Å²) in [5, 5.41) is 5.04. The first-order valence-corrected chi connectivity index (χ1v) is 12.5. The van der Waals surface area contributed by atoms with Gasteiger partial charge in [0, 0.05) is 22.7 Å². The van der Waals surface area contributed by atoms with Gasteiger partial charge in [-0.05, 0) is 54.1 Å². The minimum absolute atomic E-state index is 0.0603. The zero-order valence-electron chi connectivity index (χ0n) is 19.8. The molecular formula is C27H29FN2O4S. The number of rotatable bonds is 9. The predicted octanol–water partition coefficient (Wildman–Crippen LogP) is 5.28. The lowest BCUT2D eigenvalue weighted by Crippen LogP contribution is -2.46. The van der Waals surface area contributed by atoms with Crippen LogP contribution in [0.15, 0.2) is 60.0 Å². The number of amides is 2. The molecule has 8 heteroatoms. The molecule has 1 aromatic heterocycles. The molecule has 0 unspecified atom stereocenters. The Kier molecular flexibility index (Phi) is 8.02. The van der Waals surface area contributed by atoms with Gasteiger partial charge in [0.2, 0.25) is 11.8 Å². The molecule has 0 saturated heterocycles. The summed E-state index contributed by atoms with van der Waals surface area (Å²) < 4.78 is 24.6. The van der Waals surface area contributed by atoms with Gasteiger partial charge in [0.25, 0.3) is 0 Å². The van der Waals surface area contributed by atoms with Crippen molar-refractivity contribution in [3.8, 4) is 11.5 Å². The van der Waals surface area contributed by atoms with Gasteiger partial charge >= 0.3 is 0 Å². The molecule has 3 aromatic rings. The Morgan fingerprint density at radius 1 is 1.06 bits per heavy atom. The summed E-state index contributed by atoms with van der Waals surface area (Å²) in [6.45, 7) is 0. The third kappa shape index (κ3) is 5.82. The van der Waals surface area contributed by atoms with Crippen LogP contribution in [0.3, 0.4) is 0 Å².